The fourth-order valence-electron chi connectivity index (χ4n) is 11.6. The summed E-state index contributed by atoms with van der Waals surface area (Å²) >= 11 is 0. The van der Waals surface area contributed by atoms with Crippen LogP contribution in [-0.2, 0) is 0 Å². The average molecular weight is 654 g/mol. The fourth-order valence-corrected chi connectivity index (χ4v) is 11.6. The molecular formula is C48H45B3. The van der Waals surface area contributed by atoms with Gasteiger partial charge in [0, 0.05) is 0 Å². The Bertz CT molecular complexity index is 2670. The Morgan fingerprint density at radius 2 is 0.569 bits per heavy atom. The molecule has 0 fully saturated rings. The van der Waals surface area contributed by atoms with Crippen LogP contribution in [0.15, 0.2) is 54.6 Å². The van der Waals surface area contributed by atoms with Gasteiger partial charge in [0.1, 0.15) is 0 Å². The predicted octanol–water partition coefficient (Wildman–Crippen LogP) is 5.19. The van der Waals surface area contributed by atoms with Gasteiger partial charge in [0.15, 0.2) is 0 Å². The van der Waals surface area contributed by atoms with Gasteiger partial charge >= 0.3 is 0 Å². The summed E-state index contributed by atoms with van der Waals surface area (Å²) in [7, 11) is 0. The van der Waals surface area contributed by atoms with Crippen molar-refractivity contribution in [1.82, 2.24) is 0 Å². The molecular weight excluding hydrogens is 609 g/mol. The lowest BCUT2D eigenvalue weighted by atomic mass is 9.29. The maximum absolute atomic E-state index is 2.52. The van der Waals surface area contributed by atoms with Crippen molar-refractivity contribution in [3.63, 3.8) is 0 Å². The zero-order valence-electron chi connectivity index (χ0n) is 32.4. The van der Waals surface area contributed by atoms with Gasteiger partial charge in [-0.15, -0.1) is 0 Å². The molecule has 0 N–H and O–H groups in total. The minimum atomic E-state index is 0.173. The monoisotopic (exact) mass is 654 g/mol. The fraction of sp³-hybridized carbons (Fsp3) is 0.250. The summed E-state index contributed by atoms with van der Waals surface area (Å²) in [6.45, 7) is 29.0. The molecule has 0 spiro atoms. The van der Waals surface area contributed by atoms with Crippen molar-refractivity contribution < 1.29 is 0 Å². The van der Waals surface area contributed by atoms with E-state index in [0.717, 1.165) is 0 Å². The Balaban J connectivity index is 1.48. The summed E-state index contributed by atoms with van der Waals surface area (Å²) < 4.78 is 0. The maximum Gasteiger partial charge on any atom is 0.242 e. The smallest absolute Gasteiger partial charge is 0.0733 e. The van der Waals surface area contributed by atoms with Crippen LogP contribution in [0, 0.1) is 83.1 Å². The molecule has 4 aliphatic heterocycles. The zero-order valence-corrected chi connectivity index (χ0v) is 32.4. The quantitative estimate of drug-likeness (QED) is 0.198. The molecule has 51 heavy (non-hydrogen) atoms. The molecule has 4 heterocycles. The SMILES string of the molecule is Cc1c(C)c(C)c2c(c1C)B1c3ccccc3B3c4c(ccc5c4B(c4cccc-2c41)c1c(C)c(C)c(C)c(C)c1-5)-c1c(C)c(C)c(C)c(C)c13. The minimum absolute atomic E-state index is 0.173. The Morgan fingerprint density at radius 3 is 0.980 bits per heavy atom. The van der Waals surface area contributed by atoms with E-state index in [2.05, 4.69) is 138 Å². The standard InChI is InChI=1S/C48H45B3/c1-22-25(4)31(10)43-40(28(22)7)34-16-15-19-39-46(34)49(43)37-17-13-14-18-38(37)50-44-32(11)26(5)23(2)29(8)41(44)35-20-21-36-42-30(9)24(3)27(6)33(12)45(42)51(39)48(36)47(35)50/h13-21H,1-12H3. The number of rotatable bonds is 0. The average Bonchev–Trinajstić information content (AvgIpc) is 3.79. The largest absolute Gasteiger partial charge is 0.242 e. The first kappa shape index (κ1) is 31.3. The van der Waals surface area contributed by atoms with Crippen molar-refractivity contribution in [3.8, 4) is 33.4 Å². The molecule has 0 aliphatic carbocycles. The van der Waals surface area contributed by atoms with E-state index >= 15 is 0 Å². The van der Waals surface area contributed by atoms with Crippen LogP contribution >= 0.6 is 0 Å². The predicted molar refractivity (Wildman–Crippen MR) is 226 cm³/mol. The molecule has 0 saturated heterocycles. The summed E-state index contributed by atoms with van der Waals surface area (Å²) in [5.41, 5.74) is 40.0. The van der Waals surface area contributed by atoms with Gasteiger partial charge in [-0.05, 0) is 167 Å². The molecule has 6 aromatic carbocycles. The van der Waals surface area contributed by atoms with Gasteiger partial charge in [-0.3, -0.25) is 0 Å². The third kappa shape index (κ3) is 3.47. The number of hydrogen-bond acceptors (Lipinski definition) is 0. The van der Waals surface area contributed by atoms with Gasteiger partial charge in [0.25, 0.3) is 0 Å². The van der Waals surface area contributed by atoms with E-state index in [1.807, 2.05) is 0 Å². The maximum atomic E-state index is 2.52. The van der Waals surface area contributed by atoms with Gasteiger partial charge in [0.05, 0.1) is 0 Å². The molecule has 0 amide bonds. The Hall–Kier alpha value is -4.49. The lowest BCUT2D eigenvalue weighted by Crippen LogP contribution is -2.64. The highest BCUT2D eigenvalue weighted by molar-refractivity contribution is 7.15. The molecule has 0 atom stereocenters. The third-order valence-electron chi connectivity index (χ3n) is 15.1. The molecule has 0 nitrogen and oxygen atoms in total. The summed E-state index contributed by atoms with van der Waals surface area (Å²) in [6.07, 6.45) is 0. The van der Waals surface area contributed by atoms with Crippen molar-refractivity contribution in [2.45, 2.75) is 83.1 Å². The number of fused-ring (bicyclic) bond motifs is 13. The summed E-state index contributed by atoms with van der Waals surface area (Å²) in [5, 5.41) is 0. The van der Waals surface area contributed by atoms with E-state index in [1.165, 1.54) is 122 Å². The summed E-state index contributed by atoms with van der Waals surface area (Å²) in [6, 6.07) is 22.0. The van der Waals surface area contributed by atoms with Crippen LogP contribution in [0.1, 0.15) is 66.8 Å². The second-order valence-corrected chi connectivity index (χ2v) is 16.6. The summed E-state index contributed by atoms with van der Waals surface area (Å²) in [5.74, 6) is 0. The molecule has 10 rings (SSSR count). The van der Waals surface area contributed by atoms with Crippen molar-refractivity contribution in [2.24, 2.45) is 0 Å². The van der Waals surface area contributed by atoms with Crippen LogP contribution in [0.4, 0.5) is 0 Å². The van der Waals surface area contributed by atoms with Gasteiger partial charge in [-0.25, -0.2) is 0 Å². The highest BCUT2D eigenvalue weighted by Gasteiger charge is 2.51. The first-order valence-electron chi connectivity index (χ1n) is 19.1. The van der Waals surface area contributed by atoms with Crippen LogP contribution in [0.5, 0.6) is 0 Å². The molecule has 4 aliphatic rings. The summed E-state index contributed by atoms with van der Waals surface area (Å²) in [4.78, 5) is 0. The van der Waals surface area contributed by atoms with E-state index in [-0.39, 0.29) is 20.1 Å². The lowest BCUT2D eigenvalue weighted by molar-refractivity contribution is 1.23. The van der Waals surface area contributed by atoms with Crippen LogP contribution in [0.2, 0.25) is 0 Å². The zero-order chi connectivity index (χ0) is 35.7. The van der Waals surface area contributed by atoms with Gasteiger partial charge in [-0.2, -0.15) is 0 Å². The molecule has 246 valence electrons. The van der Waals surface area contributed by atoms with E-state index in [0.29, 0.717) is 0 Å². The van der Waals surface area contributed by atoms with Crippen molar-refractivity contribution >= 4 is 69.3 Å². The highest BCUT2D eigenvalue weighted by Crippen LogP contribution is 2.39. The first-order valence-corrected chi connectivity index (χ1v) is 19.1. The molecule has 0 saturated carbocycles. The second-order valence-electron chi connectivity index (χ2n) is 16.6. The van der Waals surface area contributed by atoms with Gasteiger partial charge in [0.2, 0.25) is 20.1 Å². The van der Waals surface area contributed by atoms with Crippen LogP contribution in [0.3, 0.4) is 0 Å². The Morgan fingerprint density at radius 1 is 0.255 bits per heavy atom. The van der Waals surface area contributed by atoms with E-state index < -0.39 is 0 Å². The number of hydrogen-bond donors (Lipinski definition) is 0. The molecule has 6 aromatic rings. The van der Waals surface area contributed by atoms with Gasteiger partial charge in [-0.1, -0.05) is 120 Å². The first-order chi connectivity index (χ1) is 24.4. The van der Waals surface area contributed by atoms with Crippen molar-refractivity contribution in [1.29, 1.82) is 0 Å². The van der Waals surface area contributed by atoms with Crippen LogP contribution < -0.4 is 49.2 Å². The van der Waals surface area contributed by atoms with Crippen LogP contribution in [0.25, 0.3) is 33.4 Å². The van der Waals surface area contributed by atoms with E-state index in [9.17, 15) is 0 Å². The Labute approximate surface area is 306 Å². The second kappa shape index (κ2) is 10.1. The topological polar surface area (TPSA) is 0 Å². The molecule has 0 aromatic heterocycles. The Kier molecular flexibility index (Phi) is 6.19. The number of benzene rings is 6. The molecule has 0 bridgehead atoms. The van der Waals surface area contributed by atoms with Crippen molar-refractivity contribution in [2.75, 3.05) is 0 Å². The molecule has 0 unspecified atom stereocenters. The van der Waals surface area contributed by atoms with E-state index in [4.69, 9.17) is 0 Å². The van der Waals surface area contributed by atoms with Crippen LogP contribution in [-0.4, -0.2) is 20.1 Å². The molecule has 3 heteroatoms. The normalized spacial score (nSPS) is 13.8. The van der Waals surface area contributed by atoms with Gasteiger partial charge < -0.3 is 0 Å². The lowest BCUT2D eigenvalue weighted by Gasteiger charge is -2.24. The van der Waals surface area contributed by atoms with E-state index in [1.54, 1.807) is 27.3 Å². The third-order valence-corrected chi connectivity index (χ3v) is 15.1. The highest BCUT2D eigenvalue weighted by atomic mass is 14.3. The minimum Gasteiger partial charge on any atom is -0.0733 e. The van der Waals surface area contributed by atoms with Crippen molar-refractivity contribution in [3.05, 3.63) is 121 Å². The molecule has 0 radical (unpaired) electrons.